The normalized spacial score (nSPS) is 11.9. The van der Waals surface area contributed by atoms with Gasteiger partial charge in [-0.3, -0.25) is 4.79 Å². The molecule has 4 rings (SSSR count). The zero-order valence-electron chi connectivity index (χ0n) is 42.0. The average Bonchev–Trinajstić information content (AvgIpc) is 3.39. The number of ether oxygens (including phenoxy) is 6. The van der Waals surface area contributed by atoms with Crippen molar-refractivity contribution >= 4 is 51.8 Å². The Hall–Kier alpha value is -5.84. The number of benzene rings is 3. The zero-order chi connectivity index (χ0) is 50.6. The summed E-state index contributed by atoms with van der Waals surface area (Å²) in [6, 6.07) is 19.9. The molecule has 0 aliphatic heterocycles. The van der Waals surface area contributed by atoms with E-state index in [0.29, 0.717) is 53.3 Å². The van der Waals surface area contributed by atoms with Crippen molar-refractivity contribution in [2.24, 2.45) is 0 Å². The Balaban J connectivity index is 1.43. The Labute approximate surface area is 418 Å². The van der Waals surface area contributed by atoms with Gasteiger partial charge in [-0.15, -0.1) is 0 Å². The number of pyridine rings is 1. The predicted octanol–water partition coefficient (Wildman–Crippen LogP) is 9.11. The van der Waals surface area contributed by atoms with Gasteiger partial charge in [0.1, 0.15) is 43.1 Å². The molecular formula is C54H74N4O11Sn. The van der Waals surface area contributed by atoms with Crippen LogP contribution in [-0.2, 0) is 48.4 Å². The molecule has 3 aromatic carbocycles. The Morgan fingerprint density at radius 3 is 1.44 bits per heavy atom. The van der Waals surface area contributed by atoms with Gasteiger partial charge in [0.25, 0.3) is 0 Å². The summed E-state index contributed by atoms with van der Waals surface area (Å²) in [5.41, 5.74) is 2.68. The van der Waals surface area contributed by atoms with E-state index in [4.69, 9.17) is 28.4 Å². The topological polar surface area (TPSA) is 190 Å². The quantitative estimate of drug-likeness (QED) is 0.0182. The van der Waals surface area contributed by atoms with Crippen LogP contribution in [-0.4, -0.2) is 93.2 Å². The number of unbranched alkanes of at least 4 members (excludes halogenated alkanes) is 4. The number of rotatable bonds is 32. The van der Waals surface area contributed by atoms with E-state index in [9.17, 15) is 24.0 Å². The molecule has 3 N–H and O–H groups in total. The zero-order valence-corrected chi connectivity index (χ0v) is 44.8. The van der Waals surface area contributed by atoms with Crippen LogP contribution in [0.3, 0.4) is 0 Å². The number of aromatic nitrogens is 1. The van der Waals surface area contributed by atoms with Crippen LogP contribution in [0.25, 0.3) is 0 Å². The summed E-state index contributed by atoms with van der Waals surface area (Å²) in [5.74, 6) is -0.337. The first-order valence-corrected chi connectivity index (χ1v) is 32.1. The maximum absolute atomic E-state index is 13.7. The second-order valence-corrected chi connectivity index (χ2v) is 30.7. The molecule has 1 heterocycles. The van der Waals surface area contributed by atoms with Crippen molar-refractivity contribution in [2.45, 2.75) is 137 Å². The van der Waals surface area contributed by atoms with Crippen LogP contribution in [0.1, 0.15) is 118 Å². The van der Waals surface area contributed by atoms with Gasteiger partial charge in [-0.2, -0.15) is 0 Å². The number of methoxy groups -OCH3 is 3. The molecule has 2 atom stereocenters. The molecule has 70 heavy (non-hydrogen) atoms. The molecule has 0 aliphatic carbocycles. The Morgan fingerprint density at radius 1 is 0.557 bits per heavy atom. The number of hydrogen-bond donors (Lipinski definition) is 3. The number of hydrogen-bond acceptors (Lipinski definition) is 12. The van der Waals surface area contributed by atoms with E-state index in [2.05, 4.69) is 47.8 Å². The minimum atomic E-state index is -2.83. The van der Waals surface area contributed by atoms with Crippen LogP contribution in [0.4, 0.5) is 4.79 Å². The Kier molecular flexibility index (Phi) is 25.5. The van der Waals surface area contributed by atoms with Gasteiger partial charge in [-0.1, -0.05) is 36.4 Å². The van der Waals surface area contributed by atoms with E-state index in [-0.39, 0.29) is 45.0 Å². The molecule has 0 saturated carbocycles. The summed E-state index contributed by atoms with van der Waals surface area (Å²) in [7, 11) is 4.66. The number of nitrogens with zero attached hydrogens (tertiary/aromatic N) is 1. The number of carbonyl (C=O) groups is 5. The third-order valence-electron chi connectivity index (χ3n) is 12.3. The van der Waals surface area contributed by atoms with Gasteiger partial charge in [0.15, 0.2) is 0 Å². The second-order valence-electron chi connectivity index (χ2n) is 17.5. The van der Waals surface area contributed by atoms with Crippen molar-refractivity contribution in [3.05, 3.63) is 114 Å². The molecule has 0 saturated heterocycles. The molecule has 4 aromatic rings. The third kappa shape index (κ3) is 19.5. The summed E-state index contributed by atoms with van der Waals surface area (Å²) in [4.78, 5) is 72.0. The molecule has 380 valence electrons. The van der Waals surface area contributed by atoms with E-state index < -0.39 is 54.4 Å². The van der Waals surface area contributed by atoms with Crippen LogP contribution in [0, 0.1) is 0 Å². The molecular weight excluding hydrogens is 999 g/mol. The summed E-state index contributed by atoms with van der Waals surface area (Å²) in [6.07, 6.45) is 11.4. The number of esters is 3. The summed E-state index contributed by atoms with van der Waals surface area (Å²) < 4.78 is 37.5. The maximum atomic E-state index is 13.7. The fourth-order valence-electron chi connectivity index (χ4n) is 8.01. The van der Waals surface area contributed by atoms with Crippen LogP contribution >= 0.6 is 0 Å². The van der Waals surface area contributed by atoms with Crippen molar-refractivity contribution in [1.82, 2.24) is 20.9 Å². The Morgan fingerprint density at radius 2 is 1.00 bits per heavy atom. The fraction of sp³-hybridized carbons (Fsp3) is 0.481. The second kappa shape index (κ2) is 31.4. The Bertz CT molecular complexity index is 2190. The van der Waals surface area contributed by atoms with Crippen molar-refractivity contribution < 1.29 is 52.4 Å². The van der Waals surface area contributed by atoms with Gasteiger partial charge in [0.2, 0.25) is 0 Å². The molecule has 0 fully saturated rings. The molecule has 0 bridgehead atoms. The monoisotopic (exact) mass is 1070 g/mol. The van der Waals surface area contributed by atoms with Crippen molar-refractivity contribution in [2.75, 3.05) is 27.9 Å². The van der Waals surface area contributed by atoms with Crippen LogP contribution in [0.5, 0.6) is 17.2 Å². The van der Waals surface area contributed by atoms with Crippen LogP contribution in [0.15, 0.2) is 91.3 Å². The van der Waals surface area contributed by atoms with E-state index in [1.807, 2.05) is 6.20 Å². The molecule has 16 heteroatoms. The van der Waals surface area contributed by atoms with Crippen molar-refractivity contribution in [1.29, 1.82) is 0 Å². The van der Waals surface area contributed by atoms with Crippen molar-refractivity contribution in [3.8, 4) is 17.2 Å². The van der Waals surface area contributed by atoms with Gasteiger partial charge in [0, 0.05) is 6.42 Å². The molecule has 3 amide bonds. The van der Waals surface area contributed by atoms with Crippen molar-refractivity contribution in [3.63, 3.8) is 0 Å². The van der Waals surface area contributed by atoms with Gasteiger partial charge < -0.3 is 29.0 Å². The van der Waals surface area contributed by atoms with E-state index in [1.165, 1.54) is 36.2 Å². The standard InChI is InChI=1S/C42H47N4O11.3C4H9.Sn/c1-52-33-15-9-29(10-16-33)26-55-38(47)22-21-37(41(50)57-28-31-13-19-35(54-3)20-14-31)46-42(51)45-36(40(49)56-27-30-11-17-34(53-2)18-12-30)8-4-5-24-44-39(48)32-7-6-23-43-25-32;3*1-3-4-2;/h7,9-20,23,25,36-37H,4-5,8,21-22,24,26-28H2,1-3H3,(H,44,48)(H2,45,46,51);3*1,3-4H2,2H3;/t36-,37-;;;;/m0..../s1. The van der Waals surface area contributed by atoms with Crippen LogP contribution < -0.4 is 33.7 Å². The first kappa shape index (κ1) is 56.7. The summed E-state index contributed by atoms with van der Waals surface area (Å²) in [6.45, 7) is 6.89. The summed E-state index contributed by atoms with van der Waals surface area (Å²) >= 11 is -2.83. The predicted molar refractivity (Wildman–Crippen MR) is 272 cm³/mol. The molecule has 0 spiro atoms. The van der Waals surface area contributed by atoms with E-state index in [1.54, 1.807) is 100 Å². The summed E-state index contributed by atoms with van der Waals surface area (Å²) in [5, 5.41) is 8.35. The fourth-order valence-corrected chi connectivity index (χ4v) is 23.8. The number of nitrogens with one attached hydrogen (secondary N) is 3. The molecule has 0 radical (unpaired) electrons. The average molecular weight is 1070 g/mol. The number of carbonyl (C=O) groups excluding carboxylic acids is 5. The van der Waals surface area contributed by atoms with Gasteiger partial charge in [-0.05, 0) is 59.5 Å². The first-order chi connectivity index (χ1) is 34.0. The van der Waals surface area contributed by atoms with Gasteiger partial charge >= 0.3 is 210 Å². The van der Waals surface area contributed by atoms with Gasteiger partial charge in [-0.25, -0.2) is 9.59 Å². The molecule has 1 aromatic heterocycles. The first-order valence-electron chi connectivity index (χ1n) is 24.6. The SMILES string of the molecule is CCC[CH2][Sn]([CH2]CCC)([CH2]CCC)[c]1cncc(C(=O)NCCCC[C@H](NC(=O)N[C@@H](CCC(=O)OCc2ccc(OC)cc2)C(=O)OCc2ccc(OC)cc2)C(=O)OCc2ccc(OC)cc2)c1. The molecule has 0 unspecified atom stereocenters. The minimum absolute atomic E-state index is 0.00214. The van der Waals surface area contributed by atoms with E-state index in [0.717, 1.165) is 24.8 Å². The molecule has 0 aliphatic rings. The molecule has 15 nitrogen and oxygen atoms in total. The number of urea groups is 1. The van der Waals surface area contributed by atoms with E-state index >= 15 is 0 Å². The number of amides is 3. The van der Waals surface area contributed by atoms with Gasteiger partial charge in [0.05, 0.1) is 21.3 Å². The van der Waals surface area contributed by atoms with Crippen LogP contribution in [0.2, 0.25) is 13.3 Å². The third-order valence-corrected chi connectivity index (χ3v) is 27.8.